The predicted molar refractivity (Wildman–Crippen MR) is 117 cm³/mol. The van der Waals surface area contributed by atoms with Crippen LogP contribution in [0.15, 0.2) is 77.2 Å². The Morgan fingerprint density at radius 3 is 2.74 bits per heavy atom. The van der Waals surface area contributed by atoms with Crippen LogP contribution in [0.1, 0.15) is 5.56 Å². The fourth-order valence-corrected chi connectivity index (χ4v) is 3.02. The zero-order valence-corrected chi connectivity index (χ0v) is 16.4. The predicted octanol–water partition coefficient (Wildman–Crippen LogP) is 5.06. The van der Waals surface area contributed by atoms with Gasteiger partial charge in [-0.3, -0.25) is 14.9 Å². The molecule has 4 aromatic rings. The fraction of sp³-hybridized carbons (Fsp3) is 0.0435. The zero-order chi connectivity index (χ0) is 21.8. The molecule has 8 nitrogen and oxygen atoms in total. The summed E-state index contributed by atoms with van der Waals surface area (Å²) in [5.41, 5.74) is 3.01. The number of nitro groups is 1. The van der Waals surface area contributed by atoms with Crippen LogP contribution in [0.4, 0.5) is 11.4 Å². The van der Waals surface area contributed by atoms with E-state index >= 15 is 0 Å². The number of non-ortho nitro benzene ring substituents is 1. The van der Waals surface area contributed by atoms with Crippen molar-refractivity contribution in [1.29, 1.82) is 0 Å². The van der Waals surface area contributed by atoms with Crippen molar-refractivity contribution in [3.05, 3.63) is 88.5 Å². The van der Waals surface area contributed by atoms with E-state index in [1.807, 2.05) is 24.3 Å². The number of para-hydroxylation sites is 2. The molecule has 1 N–H and O–H groups in total. The van der Waals surface area contributed by atoms with Crippen molar-refractivity contribution in [2.45, 2.75) is 0 Å². The highest BCUT2D eigenvalue weighted by Crippen LogP contribution is 2.32. The number of nitrogens with zero attached hydrogens (tertiary/aromatic N) is 2. The van der Waals surface area contributed by atoms with E-state index in [2.05, 4.69) is 10.3 Å². The molecule has 31 heavy (non-hydrogen) atoms. The van der Waals surface area contributed by atoms with Gasteiger partial charge in [0.25, 0.3) is 5.69 Å². The maximum atomic E-state index is 12.4. The third-order valence-electron chi connectivity index (χ3n) is 4.51. The first-order valence-corrected chi connectivity index (χ1v) is 9.31. The molecule has 0 saturated carbocycles. The third-order valence-corrected chi connectivity index (χ3v) is 4.51. The summed E-state index contributed by atoms with van der Waals surface area (Å²) in [6.07, 6.45) is 2.80. The molecule has 0 aliphatic rings. The first-order chi connectivity index (χ1) is 15.0. The lowest BCUT2D eigenvalue weighted by Gasteiger charge is -2.10. The second-order valence-corrected chi connectivity index (χ2v) is 6.58. The second kappa shape index (κ2) is 8.50. The molecule has 1 amide bonds. The summed E-state index contributed by atoms with van der Waals surface area (Å²) in [5, 5.41) is 13.6. The van der Waals surface area contributed by atoms with Gasteiger partial charge in [0.2, 0.25) is 11.8 Å². The minimum absolute atomic E-state index is 0.0461. The maximum Gasteiger partial charge on any atom is 0.270 e. The number of hydrogen-bond acceptors (Lipinski definition) is 6. The number of aromatic nitrogens is 1. The molecule has 1 heterocycles. The van der Waals surface area contributed by atoms with Gasteiger partial charge in [0.15, 0.2) is 5.58 Å². The zero-order valence-electron chi connectivity index (χ0n) is 16.4. The summed E-state index contributed by atoms with van der Waals surface area (Å²) >= 11 is 0. The highest BCUT2D eigenvalue weighted by Gasteiger charge is 2.13. The molecule has 0 fully saturated rings. The van der Waals surface area contributed by atoms with Crippen molar-refractivity contribution in [3.63, 3.8) is 0 Å². The lowest BCUT2D eigenvalue weighted by Crippen LogP contribution is -2.09. The minimum atomic E-state index is -0.486. The number of amides is 1. The summed E-state index contributed by atoms with van der Waals surface area (Å²) in [6, 6.07) is 18.6. The molecule has 0 saturated heterocycles. The van der Waals surface area contributed by atoms with Crippen LogP contribution < -0.4 is 10.1 Å². The van der Waals surface area contributed by atoms with Crippen LogP contribution in [-0.2, 0) is 4.79 Å². The second-order valence-electron chi connectivity index (χ2n) is 6.58. The molecule has 0 aliphatic carbocycles. The first-order valence-electron chi connectivity index (χ1n) is 9.31. The van der Waals surface area contributed by atoms with Crippen LogP contribution in [0.5, 0.6) is 5.75 Å². The summed E-state index contributed by atoms with van der Waals surface area (Å²) < 4.78 is 11.1. The van der Waals surface area contributed by atoms with Gasteiger partial charge in [-0.25, -0.2) is 4.98 Å². The van der Waals surface area contributed by atoms with E-state index in [0.29, 0.717) is 34.0 Å². The van der Waals surface area contributed by atoms with E-state index in [1.54, 1.807) is 30.3 Å². The highest BCUT2D eigenvalue weighted by molar-refractivity contribution is 6.03. The van der Waals surface area contributed by atoms with Gasteiger partial charge < -0.3 is 14.5 Å². The van der Waals surface area contributed by atoms with Gasteiger partial charge in [0, 0.05) is 23.8 Å². The normalized spacial score (nSPS) is 11.0. The van der Waals surface area contributed by atoms with E-state index in [0.717, 1.165) is 5.52 Å². The van der Waals surface area contributed by atoms with E-state index in [1.165, 1.54) is 31.4 Å². The number of carbonyl (C=O) groups excluding carboxylic acids is 1. The number of nitro benzene ring substituents is 1. The molecule has 0 bridgehead atoms. The minimum Gasteiger partial charge on any atom is -0.495 e. The van der Waals surface area contributed by atoms with Crippen molar-refractivity contribution < 1.29 is 18.9 Å². The SMILES string of the molecule is COc1ccc(-c2nc3ccccc3o2)cc1NC(=O)/C=C/c1cccc([N+](=O)[O-])c1. The highest BCUT2D eigenvalue weighted by atomic mass is 16.6. The number of fused-ring (bicyclic) bond motifs is 1. The number of oxazole rings is 1. The number of rotatable bonds is 6. The summed E-state index contributed by atoms with van der Waals surface area (Å²) in [4.78, 5) is 27.3. The van der Waals surface area contributed by atoms with E-state index in [4.69, 9.17) is 9.15 Å². The van der Waals surface area contributed by atoms with Gasteiger partial charge in [-0.15, -0.1) is 0 Å². The van der Waals surface area contributed by atoms with Crippen LogP contribution in [0.2, 0.25) is 0 Å². The van der Waals surface area contributed by atoms with Gasteiger partial charge in [0.05, 0.1) is 17.7 Å². The molecule has 0 radical (unpaired) electrons. The van der Waals surface area contributed by atoms with Crippen molar-refractivity contribution >= 4 is 34.5 Å². The van der Waals surface area contributed by atoms with E-state index in [-0.39, 0.29) is 5.69 Å². The molecule has 4 rings (SSSR count). The topological polar surface area (TPSA) is 108 Å². The van der Waals surface area contributed by atoms with Crippen molar-refractivity contribution in [2.24, 2.45) is 0 Å². The average molecular weight is 415 g/mol. The first kappa shape index (κ1) is 19.8. The lowest BCUT2D eigenvalue weighted by atomic mass is 10.1. The Balaban J connectivity index is 1.57. The average Bonchev–Trinajstić information content (AvgIpc) is 3.22. The Morgan fingerprint density at radius 2 is 1.97 bits per heavy atom. The van der Waals surface area contributed by atoms with Crippen molar-refractivity contribution in [3.8, 4) is 17.2 Å². The van der Waals surface area contributed by atoms with Crippen LogP contribution in [0.25, 0.3) is 28.6 Å². The number of carbonyl (C=O) groups is 1. The molecule has 8 heteroatoms. The van der Waals surface area contributed by atoms with Gasteiger partial charge in [0.1, 0.15) is 11.3 Å². The van der Waals surface area contributed by atoms with Gasteiger partial charge in [-0.2, -0.15) is 0 Å². The van der Waals surface area contributed by atoms with E-state index in [9.17, 15) is 14.9 Å². The summed E-state index contributed by atoms with van der Waals surface area (Å²) in [7, 11) is 1.50. The Hall–Kier alpha value is -4.46. The third kappa shape index (κ3) is 4.43. The molecule has 3 aromatic carbocycles. The number of ether oxygens (including phenoxy) is 1. The Kier molecular flexibility index (Phi) is 5.44. The van der Waals surface area contributed by atoms with Crippen LogP contribution in [-0.4, -0.2) is 22.9 Å². The van der Waals surface area contributed by atoms with Gasteiger partial charge in [-0.05, 0) is 42.0 Å². The molecule has 1 aromatic heterocycles. The molecular weight excluding hydrogens is 398 g/mol. The number of methoxy groups -OCH3 is 1. The van der Waals surface area contributed by atoms with Gasteiger partial charge in [-0.1, -0.05) is 24.3 Å². The molecule has 154 valence electrons. The molecule has 0 atom stereocenters. The monoisotopic (exact) mass is 415 g/mol. The Labute approximate surface area is 176 Å². The summed E-state index contributed by atoms with van der Waals surface area (Å²) in [6.45, 7) is 0. The number of benzene rings is 3. The van der Waals surface area contributed by atoms with E-state index < -0.39 is 10.8 Å². The lowest BCUT2D eigenvalue weighted by molar-refractivity contribution is -0.384. The fourth-order valence-electron chi connectivity index (χ4n) is 3.02. The Morgan fingerprint density at radius 1 is 1.13 bits per heavy atom. The number of hydrogen-bond donors (Lipinski definition) is 1. The van der Waals surface area contributed by atoms with Crippen molar-refractivity contribution in [2.75, 3.05) is 12.4 Å². The molecule has 0 unspecified atom stereocenters. The van der Waals surface area contributed by atoms with Crippen LogP contribution in [0.3, 0.4) is 0 Å². The quantitative estimate of drug-likeness (QED) is 0.268. The largest absolute Gasteiger partial charge is 0.495 e. The smallest absolute Gasteiger partial charge is 0.270 e. The molecule has 0 spiro atoms. The maximum absolute atomic E-state index is 12.4. The Bertz CT molecular complexity index is 1280. The van der Waals surface area contributed by atoms with Gasteiger partial charge >= 0.3 is 0 Å². The number of nitrogens with one attached hydrogen (secondary N) is 1. The van der Waals surface area contributed by atoms with Crippen LogP contribution in [0, 0.1) is 10.1 Å². The number of anilines is 1. The van der Waals surface area contributed by atoms with Crippen LogP contribution >= 0.6 is 0 Å². The standard InChI is InChI=1S/C23H17N3O5/c1-30-20-11-10-16(23-25-18-7-2-3-8-21(18)31-23)14-19(20)24-22(27)12-9-15-5-4-6-17(13-15)26(28)29/h2-14H,1H3,(H,24,27)/b12-9+. The molecular formula is C23H17N3O5. The molecule has 0 aliphatic heterocycles. The summed E-state index contributed by atoms with van der Waals surface area (Å²) in [5.74, 6) is 0.475. The van der Waals surface area contributed by atoms with Crippen molar-refractivity contribution in [1.82, 2.24) is 4.98 Å².